The Morgan fingerprint density at radius 1 is 1.42 bits per heavy atom. The minimum absolute atomic E-state index is 0.0471. The molecule has 1 amide bonds. The van der Waals surface area contributed by atoms with Gasteiger partial charge in [0.25, 0.3) is 0 Å². The van der Waals surface area contributed by atoms with Gasteiger partial charge in [-0.3, -0.25) is 0 Å². The van der Waals surface area contributed by atoms with E-state index in [1.54, 1.807) is 20.8 Å². The van der Waals surface area contributed by atoms with Crippen molar-refractivity contribution in [1.82, 2.24) is 5.32 Å². The van der Waals surface area contributed by atoms with Gasteiger partial charge in [0.2, 0.25) is 0 Å². The molecule has 0 saturated heterocycles. The maximum atomic E-state index is 13.3. The van der Waals surface area contributed by atoms with Gasteiger partial charge in [-0.15, -0.1) is 0 Å². The maximum absolute atomic E-state index is 13.3. The topological polar surface area (TPSA) is 67.8 Å². The average molecular weight is 337 g/mol. The van der Waals surface area contributed by atoms with Crippen molar-refractivity contribution in [2.45, 2.75) is 45.8 Å². The number of benzene rings is 1. The summed E-state index contributed by atoms with van der Waals surface area (Å²) in [4.78, 5) is 11.8. The number of nitrogens with one attached hydrogen (secondary N) is 1. The van der Waals surface area contributed by atoms with Gasteiger partial charge in [0, 0.05) is 6.07 Å². The lowest BCUT2D eigenvalue weighted by atomic mass is 10.1. The van der Waals surface area contributed by atoms with Crippen molar-refractivity contribution in [1.29, 1.82) is 0 Å². The quantitative estimate of drug-likeness (QED) is 0.811. The summed E-state index contributed by atoms with van der Waals surface area (Å²) in [6, 6.07) is 3.57. The molecule has 6 heteroatoms. The molecule has 0 spiro atoms. The molecular weight excluding hydrogens is 313 g/mol. The maximum Gasteiger partial charge on any atom is 0.408 e. The molecule has 1 aromatic carbocycles. The van der Waals surface area contributed by atoms with E-state index in [2.05, 4.69) is 17.2 Å². The highest BCUT2D eigenvalue weighted by Gasteiger charge is 2.17. The van der Waals surface area contributed by atoms with Crippen LogP contribution in [0.5, 0.6) is 5.75 Å². The van der Waals surface area contributed by atoms with E-state index in [0.29, 0.717) is 12.0 Å². The van der Waals surface area contributed by atoms with Gasteiger partial charge >= 0.3 is 6.09 Å². The zero-order chi connectivity index (χ0) is 18.2. The van der Waals surface area contributed by atoms with Crippen molar-refractivity contribution in [2.24, 2.45) is 0 Å². The Bertz CT molecular complexity index is 614. The van der Waals surface area contributed by atoms with Gasteiger partial charge in [-0.1, -0.05) is 18.8 Å². The van der Waals surface area contributed by atoms with E-state index in [1.807, 2.05) is 6.92 Å². The van der Waals surface area contributed by atoms with Crippen LogP contribution in [0.2, 0.25) is 0 Å². The number of amides is 1. The summed E-state index contributed by atoms with van der Waals surface area (Å²) < 4.78 is 23.8. The molecule has 0 radical (unpaired) electrons. The third-order valence-corrected chi connectivity index (χ3v) is 2.77. The molecule has 0 heterocycles. The molecule has 0 bridgehead atoms. The molecule has 2 N–H and O–H groups in total. The molecule has 1 aromatic rings. The normalized spacial score (nSPS) is 11.9. The predicted molar refractivity (Wildman–Crippen MR) is 89.3 cm³/mol. The third kappa shape index (κ3) is 7.34. The number of rotatable bonds is 5. The summed E-state index contributed by atoms with van der Waals surface area (Å²) in [6.45, 7) is 7.09. The van der Waals surface area contributed by atoms with Crippen LogP contribution in [0.3, 0.4) is 0 Å². The monoisotopic (exact) mass is 337 g/mol. The van der Waals surface area contributed by atoms with E-state index in [-0.39, 0.29) is 19.0 Å². The molecule has 24 heavy (non-hydrogen) atoms. The van der Waals surface area contributed by atoms with E-state index in [9.17, 15) is 9.18 Å². The van der Waals surface area contributed by atoms with Crippen molar-refractivity contribution in [2.75, 3.05) is 13.2 Å². The van der Waals surface area contributed by atoms with E-state index < -0.39 is 23.6 Å². The highest BCUT2D eigenvalue weighted by molar-refractivity contribution is 5.68. The van der Waals surface area contributed by atoms with Crippen LogP contribution in [-0.2, 0) is 4.74 Å². The zero-order valence-electron chi connectivity index (χ0n) is 14.5. The Morgan fingerprint density at radius 3 is 2.71 bits per heavy atom. The van der Waals surface area contributed by atoms with Crippen LogP contribution in [0.25, 0.3) is 0 Å². The molecule has 0 aliphatic carbocycles. The van der Waals surface area contributed by atoms with Crippen LogP contribution in [0.4, 0.5) is 9.18 Å². The van der Waals surface area contributed by atoms with Gasteiger partial charge < -0.3 is 19.9 Å². The van der Waals surface area contributed by atoms with Crippen molar-refractivity contribution < 1.29 is 23.8 Å². The third-order valence-electron chi connectivity index (χ3n) is 2.77. The largest absolute Gasteiger partial charge is 0.490 e. The van der Waals surface area contributed by atoms with Gasteiger partial charge in [-0.05, 0) is 39.3 Å². The van der Waals surface area contributed by atoms with Gasteiger partial charge in [-0.2, -0.15) is 0 Å². The Balaban J connectivity index is 2.85. The molecule has 0 aromatic heterocycles. The Kier molecular flexibility index (Phi) is 7.53. The summed E-state index contributed by atoms with van der Waals surface area (Å²) in [6.07, 6.45) is 0.0415. The average Bonchev–Trinajstić information content (AvgIpc) is 2.48. The first-order valence-electron chi connectivity index (χ1n) is 7.79. The number of aliphatic hydroxyl groups excluding tert-OH is 1. The van der Waals surface area contributed by atoms with Crippen LogP contribution < -0.4 is 10.1 Å². The van der Waals surface area contributed by atoms with Crippen molar-refractivity contribution in [3.05, 3.63) is 29.6 Å². The summed E-state index contributed by atoms with van der Waals surface area (Å²) in [5, 5.41) is 11.5. The second-order valence-corrected chi connectivity index (χ2v) is 6.09. The number of carbonyl (C=O) groups is 1. The van der Waals surface area contributed by atoms with Crippen molar-refractivity contribution in [3.8, 4) is 17.6 Å². The van der Waals surface area contributed by atoms with Gasteiger partial charge in [0.1, 0.15) is 23.8 Å². The smallest absolute Gasteiger partial charge is 0.408 e. The Morgan fingerprint density at radius 2 is 2.12 bits per heavy atom. The predicted octanol–water partition coefficient (Wildman–Crippen LogP) is 2.85. The van der Waals surface area contributed by atoms with Crippen molar-refractivity contribution >= 4 is 6.09 Å². The number of halogens is 1. The van der Waals surface area contributed by atoms with Crippen LogP contribution >= 0.6 is 0 Å². The lowest BCUT2D eigenvalue weighted by Gasteiger charge is -2.21. The summed E-state index contributed by atoms with van der Waals surface area (Å²) >= 11 is 0. The lowest BCUT2D eigenvalue weighted by molar-refractivity contribution is 0.0515. The second-order valence-electron chi connectivity index (χ2n) is 6.09. The van der Waals surface area contributed by atoms with E-state index in [1.165, 1.54) is 18.2 Å². The highest BCUT2D eigenvalue weighted by Crippen LogP contribution is 2.19. The van der Waals surface area contributed by atoms with Gasteiger partial charge in [0.05, 0.1) is 18.2 Å². The number of ether oxygens (including phenoxy) is 2. The molecule has 0 aliphatic heterocycles. The van der Waals surface area contributed by atoms with Crippen molar-refractivity contribution in [3.63, 3.8) is 0 Å². The first-order chi connectivity index (χ1) is 11.2. The number of hydrogen-bond donors (Lipinski definition) is 2. The molecule has 0 fully saturated rings. The molecule has 1 atom stereocenters. The summed E-state index contributed by atoms with van der Waals surface area (Å²) in [5.41, 5.74) is -0.104. The molecule has 1 rings (SSSR count). The van der Waals surface area contributed by atoms with E-state index in [4.69, 9.17) is 14.6 Å². The highest BCUT2D eigenvalue weighted by atomic mass is 19.1. The number of aliphatic hydroxyl groups is 1. The fourth-order valence-corrected chi connectivity index (χ4v) is 1.73. The molecule has 0 unspecified atom stereocenters. The number of alkyl carbamates (subject to hydrolysis) is 1. The van der Waals surface area contributed by atoms with Crippen LogP contribution in [-0.4, -0.2) is 36.1 Å². The number of carbonyl (C=O) groups excluding carboxylic acids is 1. The lowest BCUT2D eigenvalue weighted by Crippen LogP contribution is -2.38. The SMILES string of the molecule is CC[C@H](C#Cc1ccc(F)cc1OCCO)NC(=O)OC(C)(C)C. The molecule has 0 saturated carbocycles. The second kappa shape index (κ2) is 9.14. The van der Waals surface area contributed by atoms with Crippen LogP contribution in [0.1, 0.15) is 39.7 Å². The Hall–Kier alpha value is -2.26. The standard InChI is InChI=1S/C18H24FNO4/c1-5-15(20-17(22)24-18(2,3)4)9-7-13-6-8-14(19)12-16(13)23-11-10-21/h6,8,12,15,21H,5,10-11H2,1-4H3,(H,20,22)/t15-/m1/s1. The fourth-order valence-electron chi connectivity index (χ4n) is 1.73. The molecule has 5 nitrogen and oxygen atoms in total. The van der Waals surface area contributed by atoms with Crippen LogP contribution in [0, 0.1) is 17.7 Å². The van der Waals surface area contributed by atoms with E-state index in [0.717, 1.165) is 0 Å². The van der Waals surface area contributed by atoms with Gasteiger partial charge in [-0.25, -0.2) is 9.18 Å². The molecular formula is C18H24FNO4. The first-order valence-corrected chi connectivity index (χ1v) is 7.79. The van der Waals surface area contributed by atoms with Gasteiger partial charge in [0.15, 0.2) is 0 Å². The summed E-state index contributed by atoms with van der Waals surface area (Å²) in [5.74, 6) is 5.59. The van der Waals surface area contributed by atoms with E-state index >= 15 is 0 Å². The molecule has 132 valence electrons. The first kappa shape index (κ1) is 19.8. The minimum atomic E-state index is -0.585. The fraction of sp³-hybridized carbons (Fsp3) is 0.500. The van der Waals surface area contributed by atoms with Crippen LogP contribution in [0.15, 0.2) is 18.2 Å². The minimum Gasteiger partial charge on any atom is -0.490 e. The number of hydrogen-bond acceptors (Lipinski definition) is 4. The zero-order valence-corrected chi connectivity index (χ0v) is 14.5. The Labute approximate surface area is 142 Å². The summed E-state index contributed by atoms with van der Waals surface area (Å²) in [7, 11) is 0. The molecule has 0 aliphatic rings.